The van der Waals surface area contributed by atoms with Crippen molar-refractivity contribution in [3.8, 4) is 6.07 Å². The van der Waals surface area contributed by atoms with Crippen molar-refractivity contribution in [2.45, 2.75) is 5.75 Å². The summed E-state index contributed by atoms with van der Waals surface area (Å²) in [6, 6.07) is 14.9. The fourth-order valence-electron chi connectivity index (χ4n) is 2.05. The van der Waals surface area contributed by atoms with Crippen LogP contribution in [0.2, 0.25) is 0 Å². The molecular weight excluding hydrogens is 340 g/mol. The molecule has 0 radical (unpaired) electrons. The zero-order valence-electron chi connectivity index (χ0n) is 13.3. The molecule has 0 aliphatic carbocycles. The van der Waals surface area contributed by atoms with Crippen molar-refractivity contribution in [3.63, 3.8) is 0 Å². The van der Waals surface area contributed by atoms with Gasteiger partial charge in [-0.3, -0.25) is 10.1 Å². The number of thioether (sulfide) groups is 1. The SMILES string of the molecule is N#Cc1ccccc1CSCCNC(=O)Nc1cccc([N+](=O)[O-])c1. The Hall–Kier alpha value is -3.05. The Labute approximate surface area is 149 Å². The summed E-state index contributed by atoms with van der Waals surface area (Å²) in [4.78, 5) is 22.0. The zero-order chi connectivity index (χ0) is 18.1. The number of benzene rings is 2. The van der Waals surface area contributed by atoms with Crippen molar-refractivity contribution in [1.82, 2.24) is 5.32 Å². The zero-order valence-corrected chi connectivity index (χ0v) is 14.1. The van der Waals surface area contributed by atoms with Crippen molar-refractivity contribution < 1.29 is 9.72 Å². The van der Waals surface area contributed by atoms with E-state index in [2.05, 4.69) is 16.7 Å². The Morgan fingerprint density at radius 1 is 1.24 bits per heavy atom. The van der Waals surface area contributed by atoms with Crippen molar-refractivity contribution in [1.29, 1.82) is 5.26 Å². The highest BCUT2D eigenvalue weighted by Gasteiger charge is 2.07. The molecule has 128 valence electrons. The summed E-state index contributed by atoms with van der Waals surface area (Å²) in [5, 5.41) is 25.0. The minimum Gasteiger partial charge on any atom is -0.337 e. The third kappa shape index (κ3) is 5.82. The Balaban J connectivity index is 1.71. The van der Waals surface area contributed by atoms with Gasteiger partial charge in [0.15, 0.2) is 0 Å². The quantitative estimate of drug-likeness (QED) is 0.448. The third-order valence-electron chi connectivity index (χ3n) is 3.24. The van der Waals surface area contributed by atoms with Crippen LogP contribution in [0.15, 0.2) is 48.5 Å². The van der Waals surface area contributed by atoms with Crippen LogP contribution < -0.4 is 10.6 Å². The lowest BCUT2D eigenvalue weighted by Gasteiger charge is -2.08. The molecule has 0 spiro atoms. The van der Waals surface area contributed by atoms with Gasteiger partial charge in [-0.25, -0.2) is 4.79 Å². The van der Waals surface area contributed by atoms with Gasteiger partial charge in [0.1, 0.15) is 0 Å². The number of carbonyl (C=O) groups excluding carboxylic acids is 1. The lowest BCUT2D eigenvalue weighted by atomic mass is 10.1. The van der Waals surface area contributed by atoms with Crippen LogP contribution in [0.5, 0.6) is 0 Å². The minimum atomic E-state index is -0.515. The first-order valence-corrected chi connectivity index (χ1v) is 8.60. The van der Waals surface area contributed by atoms with E-state index in [-0.39, 0.29) is 5.69 Å². The second-order valence-electron chi connectivity index (χ2n) is 5.01. The largest absolute Gasteiger partial charge is 0.337 e. The van der Waals surface area contributed by atoms with Crippen LogP contribution in [0.1, 0.15) is 11.1 Å². The standard InChI is InChI=1S/C17H16N4O3S/c18-11-13-4-1-2-5-14(13)12-25-9-8-19-17(22)20-15-6-3-7-16(10-15)21(23)24/h1-7,10H,8-9,12H2,(H2,19,20,22). The molecule has 0 fully saturated rings. The minimum absolute atomic E-state index is 0.0792. The highest BCUT2D eigenvalue weighted by Crippen LogP contribution is 2.17. The Morgan fingerprint density at radius 3 is 2.80 bits per heavy atom. The van der Waals surface area contributed by atoms with E-state index in [1.54, 1.807) is 23.9 Å². The van der Waals surface area contributed by atoms with E-state index >= 15 is 0 Å². The molecule has 0 bridgehead atoms. The molecule has 8 heteroatoms. The number of rotatable bonds is 7. The topological polar surface area (TPSA) is 108 Å². The normalized spacial score (nSPS) is 9.88. The fourth-order valence-corrected chi connectivity index (χ4v) is 2.91. The summed E-state index contributed by atoms with van der Waals surface area (Å²) in [5.41, 5.74) is 1.91. The van der Waals surface area contributed by atoms with E-state index in [4.69, 9.17) is 5.26 Å². The molecule has 25 heavy (non-hydrogen) atoms. The molecule has 0 saturated heterocycles. The number of carbonyl (C=O) groups is 1. The van der Waals surface area contributed by atoms with Gasteiger partial charge in [0.25, 0.3) is 5.69 Å². The van der Waals surface area contributed by atoms with E-state index < -0.39 is 11.0 Å². The number of nitrogens with one attached hydrogen (secondary N) is 2. The summed E-state index contributed by atoms with van der Waals surface area (Å²) in [5.74, 6) is 1.38. The van der Waals surface area contributed by atoms with Crippen molar-refractivity contribution in [2.24, 2.45) is 0 Å². The lowest BCUT2D eigenvalue weighted by Crippen LogP contribution is -2.30. The van der Waals surface area contributed by atoms with E-state index in [1.807, 2.05) is 18.2 Å². The van der Waals surface area contributed by atoms with Gasteiger partial charge in [0.05, 0.1) is 16.6 Å². The number of nitro benzene ring substituents is 1. The fraction of sp³-hybridized carbons (Fsp3) is 0.176. The molecule has 0 heterocycles. The summed E-state index contributed by atoms with van der Waals surface area (Å²) < 4.78 is 0. The van der Waals surface area contributed by atoms with E-state index in [1.165, 1.54) is 18.2 Å². The number of hydrogen-bond donors (Lipinski definition) is 2. The first kappa shape index (κ1) is 18.3. The maximum atomic E-state index is 11.8. The summed E-state index contributed by atoms with van der Waals surface area (Å²) in [6.45, 7) is 0.445. The predicted octanol–water partition coefficient (Wildman–Crippen LogP) is 3.52. The van der Waals surface area contributed by atoms with Crippen LogP contribution in [0.25, 0.3) is 0 Å². The number of amides is 2. The Morgan fingerprint density at radius 2 is 2.04 bits per heavy atom. The first-order valence-electron chi connectivity index (χ1n) is 7.45. The monoisotopic (exact) mass is 356 g/mol. The van der Waals surface area contributed by atoms with Gasteiger partial charge >= 0.3 is 6.03 Å². The van der Waals surface area contributed by atoms with Gasteiger partial charge in [-0.1, -0.05) is 24.3 Å². The molecule has 0 unspecified atom stereocenters. The molecule has 0 aromatic heterocycles. The van der Waals surface area contributed by atoms with Crippen molar-refractivity contribution in [2.75, 3.05) is 17.6 Å². The molecule has 0 aliphatic heterocycles. The summed E-state index contributed by atoms with van der Waals surface area (Å²) >= 11 is 1.61. The van der Waals surface area contributed by atoms with Gasteiger partial charge in [-0.05, 0) is 17.7 Å². The molecule has 7 nitrogen and oxygen atoms in total. The second-order valence-corrected chi connectivity index (χ2v) is 6.12. The van der Waals surface area contributed by atoms with Crippen LogP contribution in [0, 0.1) is 21.4 Å². The number of anilines is 1. The van der Waals surface area contributed by atoms with Crippen LogP contribution in [-0.2, 0) is 5.75 Å². The van der Waals surface area contributed by atoms with Gasteiger partial charge < -0.3 is 10.6 Å². The van der Waals surface area contributed by atoms with Gasteiger partial charge in [-0.15, -0.1) is 0 Å². The molecule has 2 N–H and O–H groups in total. The van der Waals surface area contributed by atoms with Crippen LogP contribution in [0.3, 0.4) is 0 Å². The number of non-ortho nitro benzene ring substituents is 1. The average Bonchev–Trinajstić information content (AvgIpc) is 2.62. The highest BCUT2D eigenvalue weighted by atomic mass is 32.2. The van der Waals surface area contributed by atoms with Crippen LogP contribution >= 0.6 is 11.8 Å². The van der Waals surface area contributed by atoms with E-state index in [0.29, 0.717) is 29.3 Å². The maximum Gasteiger partial charge on any atom is 0.319 e. The smallest absolute Gasteiger partial charge is 0.319 e. The second kappa shape index (κ2) is 9.30. The Bertz CT molecular complexity index is 804. The molecule has 2 aromatic carbocycles. The molecule has 2 rings (SSSR count). The number of nitro groups is 1. The number of hydrogen-bond acceptors (Lipinski definition) is 5. The van der Waals surface area contributed by atoms with Crippen molar-refractivity contribution in [3.05, 3.63) is 69.8 Å². The summed E-state index contributed by atoms with van der Waals surface area (Å²) in [6.07, 6.45) is 0. The molecule has 0 atom stereocenters. The Kier molecular flexibility index (Phi) is 6.80. The number of nitrogens with zero attached hydrogens (tertiary/aromatic N) is 2. The molecule has 0 aliphatic rings. The molecule has 2 aromatic rings. The van der Waals surface area contributed by atoms with Gasteiger partial charge in [0.2, 0.25) is 0 Å². The maximum absolute atomic E-state index is 11.8. The highest BCUT2D eigenvalue weighted by molar-refractivity contribution is 7.98. The van der Waals surface area contributed by atoms with Gasteiger partial charge in [0, 0.05) is 35.9 Å². The van der Waals surface area contributed by atoms with E-state index in [9.17, 15) is 14.9 Å². The van der Waals surface area contributed by atoms with Crippen LogP contribution in [-0.4, -0.2) is 23.3 Å². The summed E-state index contributed by atoms with van der Waals surface area (Å²) in [7, 11) is 0. The third-order valence-corrected chi connectivity index (χ3v) is 4.25. The molecule has 0 saturated carbocycles. The number of nitriles is 1. The lowest BCUT2D eigenvalue weighted by molar-refractivity contribution is -0.384. The van der Waals surface area contributed by atoms with Crippen LogP contribution in [0.4, 0.5) is 16.2 Å². The van der Waals surface area contributed by atoms with Crippen molar-refractivity contribution >= 4 is 29.2 Å². The average molecular weight is 356 g/mol. The first-order chi connectivity index (χ1) is 12.1. The molecule has 2 amide bonds. The predicted molar refractivity (Wildman–Crippen MR) is 97.4 cm³/mol. The van der Waals surface area contributed by atoms with E-state index in [0.717, 1.165) is 5.56 Å². The molecular formula is C17H16N4O3S. The number of urea groups is 1. The van der Waals surface area contributed by atoms with Gasteiger partial charge in [-0.2, -0.15) is 17.0 Å².